The van der Waals surface area contributed by atoms with E-state index in [0.717, 1.165) is 19.3 Å². The van der Waals surface area contributed by atoms with Crippen LogP contribution in [0.2, 0.25) is 0 Å². The van der Waals surface area contributed by atoms with Gasteiger partial charge in [-0.1, -0.05) is 13.3 Å². The van der Waals surface area contributed by atoms with E-state index in [9.17, 15) is 4.79 Å². The highest BCUT2D eigenvalue weighted by Gasteiger charge is 2.14. The zero-order chi connectivity index (χ0) is 14.6. The van der Waals surface area contributed by atoms with Crippen LogP contribution in [0.3, 0.4) is 0 Å². The maximum Gasteiger partial charge on any atom is 0.222 e. The molecule has 0 radical (unpaired) electrons. The van der Waals surface area contributed by atoms with Crippen molar-refractivity contribution < 1.29 is 14.6 Å². The minimum Gasteiger partial charge on any atom is -0.394 e. The Hall–Kier alpha value is -1.40. The van der Waals surface area contributed by atoms with Gasteiger partial charge in [0.05, 0.1) is 19.5 Å². The Morgan fingerprint density at radius 3 is 3.00 bits per heavy atom. The summed E-state index contributed by atoms with van der Waals surface area (Å²) in [6.07, 6.45) is 8.62. The van der Waals surface area contributed by atoms with Crippen LogP contribution in [0.4, 0.5) is 0 Å². The standard InChI is InChI=1S/C14H25N3O3/c1-2-4-13(17-7-6-15-12-17)11-14(19)16-5-3-9-20-10-8-18/h6-7,12-13,18H,2-5,8-11H2,1H3,(H,16,19). The number of imidazole rings is 1. The zero-order valence-corrected chi connectivity index (χ0v) is 12.1. The molecule has 0 saturated carbocycles. The summed E-state index contributed by atoms with van der Waals surface area (Å²) in [6, 6.07) is 0.174. The van der Waals surface area contributed by atoms with Crippen LogP contribution in [0.25, 0.3) is 0 Å². The van der Waals surface area contributed by atoms with Crippen molar-refractivity contribution in [1.29, 1.82) is 0 Å². The highest BCUT2D eigenvalue weighted by Crippen LogP contribution is 2.17. The summed E-state index contributed by atoms with van der Waals surface area (Å²) < 4.78 is 7.12. The maximum absolute atomic E-state index is 11.9. The SMILES string of the molecule is CCCC(CC(=O)NCCCOCCO)n1ccnc1. The molecular formula is C14H25N3O3. The molecule has 2 N–H and O–H groups in total. The number of nitrogens with one attached hydrogen (secondary N) is 1. The van der Waals surface area contributed by atoms with Crippen molar-refractivity contribution in [2.75, 3.05) is 26.4 Å². The Morgan fingerprint density at radius 2 is 2.35 bits per heavy atom. The first-order valence-electron chi connectivity index (χ1n) is 7.20. The molecule has 6 heteroatoms. The molecule has 1 heterocycles. The van der Waals surface area contributed by atoms with Gasteiger partial charge in [-0.3, -0.25) is 4.79 Å². The molecule has 0 aliphatic carbocycles. The van der Waals surface area contributed by atoms with Crippen LogP contribution in [0.1, 0.15) is 38.6 Å². The van der Waals surface area contributed by atoms with Gasteiger partial charge < -0.3 is 19.7 Å². The van der Waals surface area contributed by atoms with Gasteiger partial charge in [-0.25, -0.2) is 4.98 Å². The van der Waals surface area contributed by atoms with E-state index in [4.69, 9.17) is 9.84 Å². The van der Waals surface area contributed by atoms with Crippen LogP contribution in [-0.2, 0) is 9.53 Å². The quantitative estimate of drug-likeness (QED) is 0.597. The van der Waals surface area contributed by atoms with E-state index < -0.39 is 0 Å². The fourth-order valence-electron chi connectivity index (χ4n) is 2.03. The molecule has 1 amide bonds. The summed E-state index contributed by atoms with van der Waals surface area (Å²) in [5, 5.41) is 11.4. The second-order valence-corrected chi connectivity index (χ2v) is 4.70. The number of amides is 1. The Morgan fingerprint density at radius 1 is 1.50 bits per heavy atom. The molecule has 0 saturated heterocycles. The molecule has 0 aliphatic rings. The monoisotopic (exact) mass is 283 g/mol. The van der Waals surface area contributed by atoms with Crippen molar-refractivity contribution in [2.24, 2.45) is 0 Å². The van der Waals surface area contributed by atoms with Crippen molar-refractivity contribution in [3.8, 4) is 0 Å². The third-order valence-electron chi connectivity index (χ3n) is 3.01. The van der Waals surface area contributed by atoms with Gasteiger partial charge in [-0.05, 0) is 12.8 Å². The van der Waals surface area contributed by atoms with Crippen LogP contribution in [0.5, 0.6) is 0 Å². The van der Waals surface area contributed by atoms with E-state index in [-0.39, 0.29) is 18.6 Å². The normalized spacial score (nSPS) is 12.3. The molecule has 1 aromatic heterocycles. The van der Waals surface area contributed by atoms with Crippen molar-refractivity contribution in [2.45, 2.75) is 38.6 Å². The molecule has 6 nitrogen and oxygen atoms in total. The van der Waals surface area contributed by atoms with Gasteiger partial charge in [0.2, 0.25) is 5.91 Å². The summed E-state index contributed by atoms with van der Waals surface area (Å²) in [7, 11) is 0. The average Bonchev–Trinajstić information content (AvgIpc) is 2.96. The Balaban J connectivity index is 2.22. The molecule has 0 spiro atoms. The van der Waals surface area contributed by atoms with Gasteiger partial charge in [-0.2, -0.15) is 0 Å². The van der Waals surface area contributed by atoms with Gasteiger partial charge in [0.25, 0.3) is 0 Å². The summed E-state index contributed by atoms with van der Waals surface area (Å²) >= 11 is 0. The zero-order valence-electron chi connectivity index (χ0n) is 12.1. The lowest BCUT2D eigenvalue weighted by atomic mass is 10.1. The van der Waals surface area contributed by atoms with Crippen molar-refractivity contribution >= 4 is 5.91 Å². The molecule has 0 aromatic carbocycles. The predicted octanol–water partition coefficient (Wildman–Crippen LogP) is 1.13. The minimum absolute atomic E-state index is 0.0377. The molecule has 1 rings (SSSR count). The largest absolute Gasteiger partial charge is 0.394 e. The fourth-order valence-corrected chi connectivity index (χ4v) is 2.03. The third-order valence-corrected chi connectivity index (χ3v) is 3.01. The average molecular weight is 283 g/mol. The topological polar surface area (TPSA) is 76.4 Å². The summed E-state index contributed by atoms with van der Waals surface area (Å²) in [5.41, 5.74) is 0. The first kappa shape index (κ1) is 16.7. The van der Waals surface area contributed by atoms with Gasteiger partial charge in [0.15, 0.2) is 0 Å². The van der Waals surface area contributed by atoms with Crippen molar-refractivity contribution in [1.82, 2.24) is 14.9 Å². The van der Waals surface area contributed by atoms with Gasteiger partial charge >= 0.3 is 0 Å². The van der Waals surface area contributed by atoms with Crippen LogP contribution in [0, 0.1) is 0 Å². The van der Waals surface area contributed by atoms with Gasteiger partial charge in [0, 0.05) is 38.0 Å². The number of carbonyl (C=O) groups is 1. The minimum atomic E-state index is 0.0377. The molecule has 1 unspecified atom stereocenters. The fraction of sp³-hybridized carbons (Fsp3) is 0.714. The van der Waals surface area contributed by atoms with E-state index in [1.165, 1.54) is 0 Å². The number of nitrogens with zero attached hydrogens (tertiary/aromatic N) is 2. The summed E-state index contributed by atoms with van der Waals surface area (Å²) in [6.45, 7) is 3.66. The van der Waals surface area contributed by atoms with E-state index in [1.807, 2.05) is 10.8 Å². The Kier molecular flexibility index (Phi) is 8.66. The molecule has 0 bridgehead atoms. The smallest absolute Gasteiger partial charge is 0.222 e. The number of rotatable bonds is 11. The molecule has 1 atom stereocenters. The second kappa shape index (κ2) is 10.4. The number of aliphatic hydroxyl groups is 1. The Bertz CT molecular complexity index is 355. The first-order chi connectivity index (χ1) is 9.77. The van der Waals surface area contributed by atoms with E-state index in [1.54, 1.807) is 12.5 Å². The number of carbonyl (C=O) groups excluding carboxylic acids is 1. The van der Waals surface area contributed by atoms with Gasteiger partial charge in [0.1, 0.15) is 0 Å². The highest BCUT2D eigenvalue weighted by molar-refractivity contribution is 5.76. The van der Waals surface area contributed by atoms with Crippen LogP contribution in [-0.4, -0.2) is 46.9 Å². The predicted molar refractivity (Wildman–Crippen MR) is 76.3 cm³/mol. The molecule has 0 aliphatic heterocycles. The molecule has 114 valence electrons. The second-order valence-electron chi connectivity index (χ2n) is 4.70. The van der Waals surface area contributed by atoms with E-state index in [2.05, 4.69) is 17.2 Å². The summed E-state index contributed by atoms with van der Waals surface area (Å²) in [4.78, 5) is 15.9. The van der Waals surface area contributed by atoms with Crippen LogP contribution < -0.4 is 5.32 Å². The van der Waals surface area contributed by atoms with Crippen molar-refractivity contribution in [3.05, 3.63) is 18.7 Å². The summed E-state index contributed by atoms with van der Waals surface area (Å²) in [5.74, 6) is 0.0549. The van der Waals surface area contributed by atoms with E-state index >= 15 is 0 Å². The number of ether oxygens (including phenoxy) is 1. The number of hydrogen-bond donors (Lipinski definition) is 2. The van der Waals surface area contributed by atoms with Gasteiger partial charge in [-0.15, -0.1) is 0 Å². The van der Waals surface area contributed by atoms with Crippen LogP contribution >= 0.6 is 0 Å². The lowest BCUT2D eigenvalue weighted by Gasteiger charge is -2.17. The molecular weight excluding hydrogens is 258 g/mol. The lowest BCUT2D eigenvalue weighted by Crippen LogP contribution is -2.28. The lowest BCUT2D eigenvalue weighted by molar-refractivity contribution is -0.121. The number of aliphatic hydroxyl groups excluding tert-OH is 1. The first-order valence-corrected chi connectivity index (χ1v) is 7.20. The molecule has 0 fully saturated rings. The van der Waals surface area contributed by atoms with Crippen molar-refractivity contribution in [3.63, 3.8) is 0 Å². The van der Waals surface area contributed by atoms with E-state index in [0.29, 0.717) is 26.2 Å². The molecule has 1 aromatic rings. The number of aromatic nitrogens is 2. The maximum atomic E-state index is 11.9. The van der Waals surface area contributed by atoms with Crippen LogP contribution in [0.15, 0.2) is 18.7 Å². The third kappa shape index (κ3) is 6.68. The Labute approximate surface area is 120 Å². The number of hydrogen-bond acceptors (Lipinski definition) is 4. The highest BCUT2D eigenvalue weighted by atomic mass is 16.5. The molecule has 20 heavy (non-hydrogen) atoms.